The van der Waals surface area contributed by atoms with E-state index in [2.05, 4.69) is 12.2 Å². The Kier molecular flexibility index (Phi) is 4.30. The van der Waals surface area contributed by atoms with Crippen molar-refractivity contribution in [2.24, 2.45) is 5.92 Å². The number of carbonyl (C=O) groups excluding carboxylic acids is 1. The molecule has 4 nitrogen and oxygen atoms in total. The molecule has 0 bridgehead atoms. The van der Waals surface area contributed by atoms with Crippen LogP contribution in [0.15, 0.2) is 18.3 Å². The van der Waals surface area contributed by atoms with Crippen LogP contribution in [-0.2, 0) is 6.54 Å². The van der Waals surface area contributed by atoms with Gasteiger partial charge in [0.25, 0.3) is 5.91 Å². The van der Waals surface area contributed by atoms with Crippen molar-refractivity contribution in [3.8, 4) is 0 Å². The second-order valence-electron chi connectivity index (χ2n) is 5.77. The van der Waals surface area contributed by atoms with E-state index in [1.54, 1.807) is 0 Å². The molecule has 0 aromatic carbocycles. The Morgan fingerprint density at radius 3 is 3.05 bits per heavy atom. The van der Waals surface area contributed by atoms with E-state index in [1.807, 2.05) is 29.8 Å². The van der Waals surface area contributed by atoms with Gasteiger partial charge in [0.2, 0.25) is 0 Å². The van der Waals surface area contributed by atoms with Crippen LogP contribution in [-0.4, -0.2) is 27.7 Å². The maximum absolute atomic E-state index is 12.4. The van der Waals surface area contributed by atoms with Gasteiger partial charge < -0.3 is 15.0 Å². The highest BCUT2D eigenvalue weighted by atomic mass is 16.3. The molecule has 2 atom stereocenters. The molecule has 2 unspecified atom stereocenters. The Bertz CT molecular complexity index is 441. The van der Waals surface area contributed by atoms with Gasteiger partial charge in [0.05, 0.1) is 12.1 Å². The lowest BCUT2D eigenvalue weighted by molar-refractivity contribution is 0.0689. The fourth-order valence-electron chi connectivity index (χ4n) is 3.16. The molecule has 1 aliphatic carbocycles. The van der Waals surface area contributed by atoms with Crippen molar-refractivity contribution in [1.82, 2.24) is 9.88 Å². The second-order valence-corrected chi connectivity index (χ2v) is 5.77. The zero-order valence-corrected chi connectivity index (χ0v) is 11.9. The highest BCUT2D eigenvalue weighted by Gasteiger charge is 2.36. The smallest absolute Gasteiger partial charge is 0.268 e. The van der Waals surface area contributed by atoms with E-state index in [1.165, 1.54) is 6.42 Å². The van der Waals surface area contributed by atoms with Gasteiger partial charge in [-0.25, -0.2) is 0 Å². The van der Waals surface area contributed by atoms with Crippen LogP contribution in [0.1, 0.15) is 50.0 Å². The summed E-state index contributed by atoms with van der Waals surface area (Å²) in [6.07, 6.45) is 5.89. The third-order valence-electron chi connectivity index (χ3n) is 4.18. The fourth-order valence-corrected chi connectivity index (χ4v) is 3.16. The third-order valence-corrected chi connectivity index (χ3v) is 4.18. The Labute approximate surface area is 114 Å². The van der Waals surface area contributed by atoms with E-state index in [-0.39, 0.29) is 12.5 Å². The quantitative estimate of drug-likeness (QED) is 0.875. The van der Waals surface area contributed by atoms with Gasteiger partial charge in [0.15, 0.2) is 0 Å². The van der Waals surface area contributed by atoms with Crippen LogP contribution in [0, 0.1) is 5.92 Å². The first-order valence-electron chi connectivity index (χ1n) is 7.19. The number of nitrogens with zero attached hydrogens (tertiary/aromatic N) is 1. The molecule has 1 aromatic heterocycles. The zero-order valence-electron chi connectivity index (χ0n) is 11.9. The van der Waals surface area contributed by atoms with Gasteiger partial charge >= 0.3 is 0 Å². The molecule has 0 saturated heterocycles. The molecule has 1 aliphatic rings. The number of aliphatic hydroxyl groups excluding tert-OH is 1. The topological polar surface area (TPSA) is 54.3 Å². The number of amides is 1. The van der Waals surface area contributed by atoms with Gasteiger partial charge in [0, 0.05) is 12.7 Å². The molecule has 1 aromatic rings. The summed E-state index contributed by atoms with van der Waals surface area (Å²) in [7, 11) is 0. The molecular formula is C15H24N2O2. The molecule has 0 radical (unpaired) electrons. The lowest BCUT2D eigenvalue weighted by Crippen LogP contribution is -2.54. The van der Waals surface area contributed by atoms with E-state index in [0.29, 0.717) is 11.6 Å². The maximum Gasteiger partial charge on any atom is 0.268 e. The van der Waals surface area contributed by atoms with Crippen LogP contribution in [0.25, 0.3) is 0 Å². The standard InChI is InChI=1S/C15H24N2O2/c1-3-17-9-5-7-13(17)14(19)16-15(11-18)8-4-6-12(2)10-15/h5,7,9,12,18H,3-4,6,8,10-11H2,1-2H3,(H,16,19). The number of carbonyl (C=O) groups is 1. The highest BCUT2D eigenvalue weighted by molar-refractivity contribution is 5.93. The predicted molar refractivity (Wildman–Crippen MR) is 75.0 cm³/mol. The third kappa shape index (κ3) is 3.00. The second kappa shape index (κ2) is 5.78. The maximum atomic E-state index is 12.4. The minimum absolute atomic E-state index is 0.0237. The lowest BCUT2D eigenvalue weighted by Gasteiger charge is -2.39. The van der Waals surface area contributed by atoms with Crippen molar-refractivity contribution in [2.45, 2.75) is 51.6 Å². The van der Waals surface area contributed by atoms with Crippen molar-refractivity contribution in [1.29, 1.82) is 0 Å². The van der Waals surface area contributed by atoms with E-state index < -0.39 is 5.54 Å². The predicted octanol–water partition coefficient (Wildman–Crippen LogP) is 2.18. The van der Waals surface area contributed by atoms with E-state index in [9.17, 15) is 9.90 Å². The van der Waals surface area contributed by atoms with Crippen molar-refractivity contribution in [3.05, 3.63) is 24.0 Å². The molecule has 1 fully saturated rings. The fraction of sp³-hybridized carbons (Fsp3) is 0.667. The van der Waals surface area contributed by atoms with Crippen LogP contribution in [0.3, 0.4) is 0 Å². The van der Waals surface area contributed by atoms with Crippen molar-refractivity contribution < 1.29 is 9.90 Å². The SMILES string of the molecule is CCn1cccc1C(=O)NC1(CO)CCCC(C)C1. The molecule has 2 rings (SSSR count). The van der Waals surface area contributed by atoms with E-state index >= 15 is 0 Å². The Morgan fingerprint density at radius 1 is 1.63 bits per heavy atom. The van der Waals surface area contributed by atoms with Crippen LogP contribution in [0.5, 0.6) is 0 Å². The molecule has 1 saturated carbocycles. The molecule has 0 spiro atoms. The average Bonchev–Trinajstić information content (AvgIpc) is 2.87. The van der Waals surface area contributed by atoms with Gasteiger partial charge in [0.1, 0.15) is 5.69 Å². The van der Waals surface area contributed by atoms with Crippen molar-refractivity contribution in [2.75, 3.05) is 6.61 Å². The summed E-state index contributed by atoms with van der Waals surface area (Å²) >= 11 is 0. The number of rotatable bonds is 4. The van der Waals surface area contributed by atoms with Gasteiger partial charge in [-0.15, -0.1) is 0 Å². The van der Waals surface area contributed by atoms with Gasteiger partial charge in [-0.05, 0) is 37.8 Å². The van der Waals surface area contributed by atoms with Crippen LogP contribution in [0.4, 0.5) is 0 Å². The van der Waals surface area contributed by atoms with Crippen LogP contribution in [0.2, 0.25) is 0 Å². The zero-order chi connectivity index (χ0) is 13.9. The Balaban J connectivity index is 2.12. The molecular weight excluding hydrogens is 240 g/mol. The molecule has 19 heavy (non-hydrogen) atoms. The summed E-state index contributed by atoms with van der Waals surface area (Å²) in [4.78, 5) is 12.4. The summed E-state index contributed by atoms with van der Waals surface area (Å²) in [6.45, 7) is 5.00. The van der Waals surface area contributed by atoms with Gasteiger partial charge in [-0.2, -0.15) is 0 Å². The molecule has 0 aliphatic heterocycles. The average molecular weight is 264 g/mol. The van der Waals surface area contributed by atoms with E-state index in [0.717, 1.165) is 25.8 Å². The number of aliphatic hydroxyl groups is 1. The summed E-state index contributed by atoms with van der Waals surface area (Å²) in [6, 6.07) is 3.71. The number of aryl methyl sites for hydroxylation is 1. The van der Waals surface area contributed by atoms with Gasteiger partial charge in [-0.3, -0.25) is 4.79 Å². The summed E-state index contributed by atoms with van der Waals surface area (Å²) in [5.74, 6) is 0.481. The van der Waals surface area contributed by atoms with Crippen LogP contribution >= 0.6 is 0 Å². The first-order chi connectivity index (χ1) is 9.10. The largest absolute Gasteiger partial charge is 0.394 e. The Morgan fingerprint density at radius 2 is 2.42 bits per heavy atom. The monoisotopic (exact) mass is 264 g/mol. The number of aromatic nitrogens is 1. The molecule has 4 heteroatoms. The molecule has 1 heterocycles. The molecule has 106 valence electrons. The molecule has 2 N–H and O–H groups in total. The summed E-state index contributed by atoms with van der Waals surface area (Å²) in [5, 5.41) is 12.8. The van der Waals surface area contributed by atoms with Crippen molar-refractivity contribution in [3.63, 3.8) is 0 Å². The summed E-state index contributed by atoms with van der Waals surface area (Å²) in [5.41, 5.74) is 0.242. The number of nitrogens with one attached hydrogen (secondary N) is 1. The number of hydrogen-bond acceptors (Lipinski definition) is 2. The number of hydrogen-bond donors (Lipinski definition) is 2. The molecule has 1 amide bonds. The van der Waals surface area contributed by atoms with E-state index in [4.69, 9.17) is 0 Å². The minimum atomic E-state index is -0.433. The highest BCUT2D eigenvalue weighted by Crippen LogP contribution is 2.32. The Hall–Kier alpha value is -1.29. The normalized spacial score (nSPS) is 27.2. The summed E-state index contributed by atoms with van der Waals surface area (Å²) < 4.78 is 1.92. The van der Waals surface area contributed by atoms with Crippen LogP contribution < -0.4 is 5.32 Å². The lowest BCUT2D eigenvalue weighted by atomic mass is 9.77. The van der Waals surface area contributed by atoms with Crippen molar-refractivity contribution >= 4 is 5.91 Å². The van der Waals surface area contributed by atoms with Gasteiger partial charge in [-0.1, -0.05) is 19.8 Å². The first kappa shape index (κ1) is 14.1. The minimum Gasteiger partial charge on any atom is -0.394 e. The first-order valence-corrected chi connectivity index (χ1v) is 7.19.